The molecule has 30 heavy (non-hydrogen) atoms. The number of likely N-dealkylation sites (N-methyl/N-ethyl adjacent to an activating group) is 1. The summed E-state index contributed by atoms with van der Waals surface area (Å²) < 4.78 is 0. The molecule has 0 bridgehead atoms. The summed E-state index contributed by atoms with van der Waals surface area (Å²) in [5, 5.41) is 8.93. The minimum Gasteiger partial charge on any atom is -0.357 e. The second-order valence-corrected chi connectivity index (χ2v) is 8.42. The maximum atomic E-state index is 4.74. The highest BCUT2D eigenvalue weighted by Gasteiger charge is 2.16. The molecule has 0 aromatic carbocycles. The fourth-order valence-electron chi connectivity index (χ4n) is 3.42. The zero-order valence-electron chi connectivity index (χ0n) is 18.3. The van der Waals surface area contributed by atoms with E-state index in [9.17, 15) is 0 Å². The fraction of sp³-hybridized carbons (Fsp3) is 0.545. The number of nitrogens with zero attached hydrogens (tertiary/aromatic N) is 4. The number of hydrogen-bond donors (Lipinski definition) is 2. The Balaban J connectivity index is 0.00000320. The normalized spacial score (nSPS) is 16.1. The van der Waals surface area contributed by atoms with Gasteiger partial charge in [-0.3, -0.25) is 0 Å². The van der Waals surface area contributed by atoms with Gasteiger partial charge in [-0.15, -0.1) is 35.3 Å². The van der Waals surface area contributed by atoms with Crippen LogP contribution in [0.1, 0.15) is 37.1 Å². The number of nitrogens with one attached hydrogen (secondary N) is 2. The van der Waals surface area contributed by atoms with E-state index in [1.54, 1.807) is 11.3 Å². The van der Waals surface area contributed by atoms with Gasteiger partial charge in [0.1, 0.15) is 5.82 Å². The van der Waals surface area contributed by atoms with Crippen LogP contribution in [-0.2, 0) is 6.54 Å². The van der Waals surface area contributed by atoms with Crippen LogP contribution in [0.15, 0.2) is 40.8 Å². The number of rotatable bonds is 8. The molecule has 0 amide bonds. The Morgan fingerprint density at radius 2 is 1.97 bits per heavy atom. The van der Waals surface area contributed by atoms with Gasteiger partial charge in [-0.25, -0.2) is 9.98 Å². The zero-order chi connectivity index (χ0) is 20.5. The van der Waals surface area contributed by atoms with Crippen molar-refractivity contribution in [3.05, 3.63) is 46.3 Å². The van der Waals surface area contributed by atoms with Gasteiger partial charge < -0.3 is 20.4 Å². The number of hydrogen-bond acceptors (Lipinski definition) is 5. The second-order valence-electron chi connectivity index (χ2n) is 7.44. The SMILES string of the molecule is CCNC(=NCc1ccc(N2CCN(CC)CC2)nc1)NCC(C)c1cccs1.I. The standard InChI is InChI=1S/C22H34N6S.HI/c1-4-23-22(25-15-18(3)20-7-6-14-29-20)26-17-19-8-9-21(24-16-19)28-12-10-27(5-2)11-13-28;/h6-9,14,16,18H,4-5,10-13,15,17H2,1-3H3,(H2,23,25,26);1H. The molecule has 0 saturated carbocycles. The fourth-order valence-corrected chi connectivity index (χ4v) is 4.21. The van der Waals surface area contributed by atoms with Crippen molar-refractivity contribution in [3.8, 4) is 0 Å². The summed E-state index contributed by atoms with van der Waals surface area (Å²) in [6.45, 7) is 14.4. The lowest BCUT2D eigenvalue weighted by Gasteiger charge is -2.34. The molecule has 3 rings (SSSR count). The van der Waals surface area contributed by atoms with Crippen molar-refractivity contribution < 1.29 is 0 Å². The van der Waals surface area contributed by atoms with Gasteiger partial charge in [0.2, 0.25) is 0 Å². The van der Waals surface area contributed by atoms with E-state index in [0.29, 0.717) is 12.5 Å². The Morgan fingerprint density at radius 3 is 2.57 bits per heavy atom. The Kier molecular flexibility index (Phi) is 10.9. The minimum absolute atomic E-state index is 0. The van der Waals surface area contributed by atoms with E-state index in [-0.39, 0.29) is 24.0 Å². The molecule has 1 aliphatic heterocycles. The van der Waals surface area contributed by atoms with Gasteiger partial charge in [0.05, 0.1) is 6.54 Å². The summed E-state index contributed by atoms with van der Waals surface area (Å²) >= 11 is 1.81. The third kappa shape index (κ3) is 7.39. The van der Waals surface area contributed by atoms with Gasteiger partial charge in [0.25, 0.3) is 0 Å². The number of anilines is 1. The first-order valence-corrected chi connectivity index (χ1v) is 11.5. The summed E-state index contributed by atoms with van der Waals surface area (Å²) in [4.78, 5) is 15.7. The second kappa shape index (κ2) is 13.1. The lowest BCUT2D eigenvalue weighted by atomic mass is 10.1. The predicted octanol–water partition coefficient (Wildman–Crippen LogP) is 3.76. The highest BCUT2D eigenvalue weighted by molar-refractivity contribution is 14.0. The molecule has 2 aromatic rings. The van der Waals surface area contributed by atoms with Gasteiger partial charge in [0.15, 0.2) is 5.96 Å². The first-order valence-electron chi connectivity index (χ1n) is 10.7. The Hall–Kier alpha value is -1.39. The molecule has 6 nitrogen and oxygen atoms in total. The van der Waals surface area contributed by atoms with Crippen molar-refractivity contribution in [1.29, 1.82) is 0 Å². The van der Waals surface area contributed by atoms with Crippen LogP contribution >= 0.6 is 35.3 Å². The Bertz CT molecular complexity index is 741. The van der Waals surface area contributed by atoms with Crippen LogP contribution in [-0.4, -0.2) is 61.7 Å². The van der Waals surface area contributed by atoms with Gasteiger partial charge in [-0.2, -0.15) is 0 Å². The molecule has 1 saturated heterocycles. The number of aromatic nitrogens is 1. The van der Waals surface area contributed by atoms with Crippen molar-refractivity contribution >= 4 is 47.1 Å². The molecule has 1 unspecified atom stereocenters. The molecule has 0 radical (unpaired) electrons. The molecule has 3 heterocycles. The van der Waals surface area contributed by atoms with E-state index in [0.717, 1.165) is 63.2 Å². The number of aliphatic imine (C=N–C) groups is 1. The van der Waals surface area contributed by atoms with Crippen LogP contribution in [0, 0.1) is 0 Å². The zero-order valence-corrected chi connectivity index (χ0v) is 21.5. The molecule has 1 atom stereocenters. The number of piperazine rings is 1. The van der Waals surface area contributed by atoms with Crippen molar-refractivity contribution in [2.75, 3.05) is 50.7 Å². The largest absolute Gasteiger partial charge is 0.357 e. The first-order chi connectivity index (χ1) is 14.2. The predicted molar refractivity (Wildman–Crippen MR) is 140 cm³/mol. The third-order valence-corrected chi connectivity index (χ3v) is 6.43. The molecular weight excluding hydrogens is 507 g/mol. The molecule has 2 N–H and O–H groups in total. The van der Waals surface area contributed by atoms with E-state index < -0.39 is 0 Å². The monoisotopic (exact) mass is 542 g/mol. The van der Waals surface area contributed by atoms with Crippen molar-refractivity contribution in [1.82, 2.24) is 20.5 Å². The molecule has 1 fully saturated rings. The molecule has 0 aliphatic carbocycles. The molecule has 2 aromatic heterocycles. The van der Waals surface area contributed by atoms with Crippen LogP contribution in [0.25, 0.3) is 0 Å². The molecule has 8 heteroatoms. The maximum Gasteiger partial charge on any atom is 0.191 e. The lowest BCUT2D eigenvalue weighted by Crippen LogP contribution is -2.46. The number of thiophene rings is 1. The average molecular weight is 543 g/mol. The summed E-state index contributed by atoms with van der Waals surface area (Å²) in [5.41, 5.74) is 1.13. The van der Waals surface area contributed by atoms with Crippen molar-refractivity contribution in [2.24, 2.45) is 4.99 Å². The van der Waals surface area contributed by atoms with Crippen LogP contribution < -0.4 is 15.5 Å². The molecule has 166 valence electrons. The highest BCUT2D eigenvalue weighted by Crippen LogP contribution is 2.19. The van der Waals surface area contributed by atoms with Crippen molar-refractivity contribution in [3.63, 3.8) is 0 Å². The molecular formula is C22H35IN6S. The van der Waals surface area contributed by atoms with Crippen LogP contribution in [0.5, 0.6) is 0 Å². The van der Waals surface area contributed by atoms with Crippen molar-refractivity contribution in [2.45, 2.75) is 33.2 Å². The van der Waals surface area contributed by atoms with Gasteiger partial charge in [0, 0.05) is 56.3 Å². The topological polar surface area (TPSA) is 55.8 Å². The Morgan fingerprint density at radius 1 is 1.17 bits per heavy atom. The average Bonchev–Trinajstić information content (AvgIpc) is 3.31. The summed E-state index contributed by atoms with van der Waals surface area (Å²) in [7, 11) is 0. The third-order valence-electron chi connectivity index (χ3n) is 5.32. The minimum atomic E-state index is 0. The van der Waals surface area contributed by atoms with E-state index in [1.807, 2.05) is 6.20 Å². The first kappa shape index (κ1) is 24.9. The summed E-state index contributed by atoms with van der Waals surface area (Å²) in [6, 6.07) is 8.58. The van der Waals surface area contributed by atoms with Gasteiger partial charge in [-0.1, -0.05) is 26.0 Å². The van der Waals surface area contributed by atoms with E-state index >= 15 is 0 Å². The van der Waals surface area contributed by atoms with Crippen LogP contribution in [0.2, 0.25) is 0 Å². The summed E-state index contributed by atoms with van der Waals surface area (Å²) in [6.07, 6.45) is 1.96. The summed E-state index contributed by atoms with van der Waals surface area (Å²) in [5.74, 6) is 2.40. The number of pyridine rings is 1. The highest BCUT2D eigenvalue weighted by atomic mass is 127. The van der Waals surface area contributed by atoms with E-state index in [4.69, 9.17) is 4.99 Å². The van der Waals surface area contributed by atoms with E-state index in [1.165, 1.54) is 4.88 Å². The van der Waals surface area contributed by atoms with Gasteiger partial charge >= 0.3 is 0 Å². The maximum absolute atomic E-state index is 4.74. The van der Waals surface area contributed by atoms with E-state index in [2.05, 4.69) is 75.8 Å². The number of halogens is 1. The smallest absolute Gasteiger partial charge is 0.191 e. The quantitative estimate of drug-likeness (QED) is 0.302. The number of guanidine groups is 1. The lowest BCUT2D eigenvalue weighted by molar-refractivity contribution is 0.270. The Labute approximate surface area is 202 Å². The van der Waals surface area contributed by atoms with Crippen LogP contribution in [0.4, 0.5) is 5.82 Å². The molecule has 0 spiro atoms. The van der Waals surface area contributed by atoms with Crippen LogP contribution in [0.3, 0.4) is 0 Å². The van der Waals surface area contributed by atoms with Gasteiger partial charge in [-0.05, 0) is 36.5 Å². The molecule has 1 aliphatic rings.